The number of hydrogen-bond donors (Lipinski definition) is 2. The minimum absolute atomic E-state index is 0.0338. The second kappa shape index (κ2) is 7.32. The molecule has 0 radical (unpaired) electrons. The van der Waals surface area contributed by atoms with Crippen molar-refractivity contribution in [3.63, 3.8) is 0 Å². The third-order valence-electron chi connectivity index (χ3n) is 1.27. The van der Waals surface area contributed by atoms with Gasteiger partial charge in [-0.25, -0.2) is 0 Å². The Balaban J connectivity index is 3.99. The van der Waals surface area contributed by atoms with Gasteiger partial charge in [-0.2, -0.15) is 4.21 Å². The van der Waals surface area contributed by atoms with Crippen molar-refractivity contribution in [2.24, 2.45) is 0 Å². The molecule has 0 aliphatic rings. The van der Waals surface area contributed by atoms with Crippen LogP contribution in [-0.4, -0.2) is 39.9 Å². The fourth-order valence-electron chi connectivity index (χ4n) is 0.761. The molecule has 0 bridgehead atoms. The second-order valence-electron chi connectivity index (χ2n) is 2.67. The highest BCUT2D eigenvalue weighted by atomic mass is 32.2. The Morgan fingerprint density at radius 3 is 2.47 bits per heavy atom. The number of rotatable bonds is 6. The number of hydrogen-bond acceptors (Lipinski definition) is 5. The molecule has 15 heavy (non-hydrogen) atoms. The van der Waals surface area contributed by atoms with E-state index in [9.17, 15) is 13.8 Å². The first-order valence-corrected chi connectivity index (χ1v) is 5.10. The first-order chi connectivity index (χ1) is 6.91. The smallest absolute Gasteiger partial charge is 0.303 e. The summed E-state index contributed by atoms with van der Waals surface area (Å²) in [5, 5.41) is 2.40. The maximum atomic E-state index is 10.6. The summed E-state index contributed by atoms with van der Waals surface area (Å²) < 4.78 is 27.6. The first-order valence-electron chi connectivity index (χ1n) is 4.07. The molecular weight excluding hydrogens is 226 g/mol. The van der Waals surface area contributed by atoms with E-state index in [1.54, 1.807) is 0 Å². The Kier molecular flexibility index (Phi) is 6.84. The van der Waals surface area contributed by atoms with E-state index in [-0.39, 0.29) is 19.1 Å². The zero-order valence-electron chi connectivity index (χ0n) is 8.39. The molecule has 0 fully saturated rings. The molecule has 2 unspecified atom stereocenters. The van der Waals surface area contributed by atoms with Crippen LogP contribution in [0.25, 0.3) is 0 Å². The van der Waals surface area contributed by atoms with Crippen LogP contribution in [0.2, 0.25) is 0 Å². The second-order valence-corrected chi connectivity index (χ2v) is 3.34. The summed E-state index contributed by atoms with van der Waals surface area (Å²) >= 11 is -2.42. The van der Waals surface area contributed by atoms with E-state index in [4.69, 9.17) is 9.29 Å². The van der Waals surface area contributed by atoms with Gasteiger partial charge >= 0.3 is 17.3 Å². The molecule has 0 aromatic rings. The predicted octanol–water partition coefficient (Wildman–Crippen LogP) is -0.792. The summed E-state index contributed by atoms with van der Waals surface area (Å²) in [5.41, 5.74) is 0. The van der Waals surface area contributed by atoms with E-state index in [0.29, 0.717) is 0 Å². The molecule has 1 amide bonds. The maximum absolute atomic E-state index is 10.6. The fourth-order valence-corrected chi connectivity index (χ4v) is 1.03. The van der Waals surface area contributed by atoms with Crippen LogP contribution in [-0.2, 0) is 29.9 Å². The summed E-state index contributed by atoms with van der Waals surface area (Å²) in [4.78, 5) is 21.2. The lowest BCUT2D eigenvalue weighted by Crippen LogP contribution is -2.36. The molecule has 0 saturated carbocycles. The van der Waals surface area contributed by atoms with E-state index in [0.717, 1.165) is 0 Å². The monoisotopic (exact) mass is 239 g/mol. The molecule has 88 valence electrons. The van der Waals surface area contributed by atoms with Crippen molar-refractivity contribution in [3.8, 4) is 0 Å². The molecule has 2 atom stereocenters. The Labute approximate surface area is 89.6 Å². The topological polar surface area (TPSA) is 102 Å². The van der Waals surface area contributed by atoms with Gasteiger partial charge in [0.15, 0.2) is 0 Å². The van der Waals surface area contributed by atoms with Crippen molar-refractivity contribution >= 4 is 23.2 Å². The predicted molar refractivity (Wildman–Crippen MR) is 51.0 cm³/mol. The average molecular weight is 239 g/mol. The van der Waals surface area contributed by atoms with Crippen LogP contribution in [0.5, 0.6) is 0 Å². The minimum Gasteiger partial charge on any atom is -0.458 e. The molecule has 2 N–H and O–H groups in total. The van der Waals surface area contributed by atoms with Gasteiger partial charge in [0, 0.05) is 13.8 Å². The molecule has 0 aromatic carbocycles. The maximum Gasteiger partial charge on any atom is 0.303 e. The van der Waals surface area contributed by atoms with E-state index in [2.05, 4.69) is 9.50 Å². The van der Waals surface area contributed by atoms with Gasteiger partial charge in [0.1, 0.15) is 12.7 Å². The normalized spacial score (nSPS) is 14.1. The zero-order chi connectivity index (χ0) is 11.8. The van der Waals surface area contributed by atoms with Crippen LogP contribution >= 0.6 is 0 Å². The van der Waals surface area contributed by atoms with Crippen molar-refractivity contribution in [2.45, 2.75) is 20.0 Å². The molecule has 0 aliphatic carbocycles. The van der Waals surface area contributed by atoms with Gasteiger partial charge in [-0.15, -0.1) is 0 Å². The summed E-state index contributed by atoms with van der Waals surface area (Å²) in [5.74, 6) is -0.852. The lowest BCUT2D eigenvalue weighted by Gasteiger charge is -2.15. The van der Waals surface area contributed by atoms with Gasteiger partial charge in [-0.1, -0.05) is 0 Å². The summed E-state index contributed by atoms with van der Waals surface area (Å²) in [7, 11) is 0. The largest absolute Gasteiger partial charge is 0.458 e. The Morgan fingerprint density at radius 2 is 2.07 bits per heavy atom. The summed E-state index contributed by atoms with van der Waals surface area (Å²) in [6, 6.07) is 0. The molecule has 0 aliphatic heterocycles. The van der Waals surface area contributed by atoms with Crippen molar-refractivity contribution in [1.82, 2.24) is 5.32 Å². The third kappa shape index (κ3) is 9.32. The quantitative estimate of drug-likeness (QED) is 0.465. The number of nitrogens with one attached hydrogen (secondary N) is 1. The van der Waals surface area contributed by atoms with Gasteiger partial charge in [-0.05, 0) is 0 Å². The molecule has 8 heteroatoms. The molecule has 0 rings (SSSR count). The van der Waals surface area contributed by atoms with Crippen LogP contribution in [0.3, 0.4) is 0 Å². The Hall–Kier alpha value is -0.990. The minimum atomic E-state index is -2.42. The number of amides is 1. The van der Waals surface area contributed by atoms with Crippen molar-refractivity contribution in [2.75, 3.05) is 13.2 Å². The highest BCUT2D eigenvalue weighted by Gasteiger charge is 2.14. The molecule has 0 saturated heterocycles. The van der Waals surface area contributed by atoms with Crippen LogP contribution in [0.1, 0.15) is 13.8 Å². The van der Waals surface area contributed by atoms with Crippen LogP contribution in [0, 0.1) is 0 Å². The number of esters is 1. The molecule has 0 heterocycles. The highest BCUT2D eigenvalue weighted by Crippen LogP contribution is 1.94. The van der Waals surface area contributed by atoms with Gasteiger partial charge in [0.2, 0.25) is 5.91 Å². The fraction of sp³-hybridized carbons (Fsp3) is 0.714. The van der Waals surface area contributed by atoms with Gasteiger partial charge in [-0.3, -0.25) is 18.3 Å². The summed E-state index contributed by atoms with van der Waals surface area (Å²) in [6.07, 6.45) is -0.775. The molecular formula is C7H13NO6S. The van der Waals surface area contributed by atoms with Crippen molar-refractivity contribution in [3.05, 3.63) is 0 Å². The highest BCUT2D eigenvalue weighted by molar-refractivity contribution is 7.74. The molecule has 7 nitrogen and oxygen atoms in total. The van der Waals surface area contributed by atoms with E-state index >= 15 is 0 Å². The standard InChI is InChI=1S/C7H13NO6S/c1-5(9)8-3-7(14-6(2)10)4-13-15(11)12/h7H,3-4H2,1-2H3,(H,8,9)(H,11,12). The lowest BCUT2D eigenvalue weighted by atomic mass is 10.3. The molecule has 0 aromatic heterocycles. The Bertz CT molecular complexity index is 238. The van der Waals surface area contributed by atoms with Gasteiger partial charge in [0.05, 0.1) is 6.54 Å². The van der Waals surface area contributed by atoms with Crippen LogP contribution in [0.4, 0.5) is 0 Å². The van der Waals surface area contributed by atoms with E-state index in [1.807, 2.05) is 0 Å². The van der Waals surface area contributed by atoms with Crippen molar-refractivity contribution in [1.29, 1.82) is 0 Å². The zero-order valence-corrected chi connectivity index (χ0v) is 9.20. The Morgan fingerprint density at radius 1 is 1.47 bits per heavy atom. The molecule has 0 spiro atoms. The average Bonchev–Trinajstić information content (AvgIpc) is 2.08. The summed E-state index contributed by atoms with van der Waals surface area (Å²) in [6.45, 7) is 2.27. The number of ether oxygens (including phenoxy) is 1. The SMILES string of the molecule is CC(=O)NCC(COS(=O)O)OC(C)=O. The van der Waals surface area contributed by atoms with E-state index in [1.165, 1.54) is 13.8 Å². The van der Waals surface area contributed by atoms with Crippen molar-refractivity contribution < 1.29 is 27.3 Å². The third-order valence-corrected chi connectivity index (χ3v) is 1.60. The number of carbonyl (C=O) groups excluding carboxylic acids is 2. The number of carbonyl (C=O) groups is 2. The van der Waals surface area contributed by atoms with Crippen LogP contribution in [0.15, 0.2) is 0 Å². The first kappa shape index (κ1) is 14.0. The van der Waals surface area contributed by atoms with Gasteiger partial charge in [0.25, 0.3) is 0 Å². The van der Waals surface area contributed by atoms with Crippen LogP contribution < -0.4 is 5.32 Å². The van der Waals surface area contributed by atoms with E-state index < -0.39 is 23.4 Å². The lowest BCUT2D eigenvalue weighted by molar-refractivity contribution is -0.148. The van der Waals surface area contributed by atoms with Gasteiger partial charge < -0.3 is 10.1 Å².